The third kappa shape index (κ3) is 4.83. The number of thioether (sulfide) groups is 1. The molecule has 0 fully saturated rings. The van der Waals surface area contributed by atoms with Gasteiger partial charge in [-0.15, -0.1) is 0 Å². The highest BCUT2D eigenvalue weighted by atomic mass is 32.2. The highest BCUT2D eigenvalue weighted by Gasteiger charge is 2.11. The van der Waals surface area contributed by atoms with Crippen molar-refractivity contribution in [3.63, 3.8) is 0 Å². The first-order valence-electron chi connectivity index (χ1n) is 8.41. The number of aryl methyl sites for hydroxylation is 1. The maximum Gasteiger partial charge on any atom is 0.223 e. The minimum absolute atomic E-state index is 0.318. The zero-order valence-electron chi connectivity index (χ0n) is 14.8. The molecule has 4 heteroatoms. The molecule has 0 aliphatic rings. The van der Waals surface area contributed by atoms with Gasteiger partial charge in [0, 0.05) is 11.8 Å². The van der Waals surface area contributed by atoms with Gasteiger partial charge in [0.25, 0.3) is 0 Å². The summed E-state index contributed by atoms with van der Waals surface area (Å²) in [6, 6.07) is 20.1. The van der Waals surface area contributed by atoms with Gasteiger partial charge in [-0.1, -0.05) is 68.1 Å². The Bertz CT molecular complexity index is 834. The Balaban J connectivity index is 1.81. The van der Waals surface area contributed by atoms with E-state index in [4.69, 9.17) is 9.72 Å². The SMILES string of the molecule is Cc1ccccc1CSc1nc(Oc2ccccc2)cc(C(C)C)n1. The van der Waals surface area contributed by atoms with Crippen molar-refractivity contribution in [3.05, 3.63) is 77.5 Å². The number of benzene rings is 2. The Morgan fingerprint density at radius 3 is 2.40 bits per heavy atom. The smallest absolute Gasteiger partial charge is 0.223 e. The highest BCUT2D eigenvalue weighted by Crippen LogP contribution is 2.28. The summed E-state index contributed by atoms with van der Waals surface area (Å²) in [4.78, 5) is 9.28. The molecule has 0 amide bonds. The third-order valence-corrected chi connectivity index (χ3v) is 4.77. The van der Waals surface area contributed by atoms with Gasteiger partial charge in [-0.05, 0) is 36.1 Å². The second-order valence-electron chi connectivity index (χ2n) is 6.20. The summed E-state index contributed by atoms with van der Waals surface area (Å²) in [5.41, 5.74) is 3.58. The molecule has 0 bridgehead atoms. The molecule has 1 heterocycles. The van der Waals surface area contributed by atoms with E-state index < -0.39 is 0 Å². The molecule has 0 unspecified atom stereocenters. The highest BCUT2D eigenvalue weighted by molar-refractivity contribution is 7.98. The maximum atomic E-state index is 5.92. The maximum absolute atomic E-state index is 5.92. The summed E-state index contributed by atoms with van der Waals surface area (Å²) in [7, 11) is 0. The minimum Gasteiger partial charge on any atom is -0.439 e. The minimum atomic E-state index is 0.318. The van der Waals surface area contributed by atoms with Gasteiger partial charge < -0.3 is 4.74 Å². The van der Waals surface area contributed by atoms with Crippen LogP contribution in [0.2, 0.25) is 0 Å². The first-order chi connectivity index (χ1) is 12.1. The Labute approximate surface area is 153 Å². The third-order valence-electron chi connectivity index (χ3n) is 3.88. The van der Waals surface area contributed by atoms with Crippen molar-refractivity contribution in [3.8, 4) is 11.6 Å². The number of aromatic nitrogens is 2. The summed E-state index contributed by atoms with van der Waals surface area (Å²) in [5, 5.41) is 0.750. The lowest BCUT2D eigenvalue weighted by Gasteiger charge is -2.11. The molecule has 0 aliphatic heterocycles. The molecule has 0 spiro atoms. The molecular formula is C21H22N2OS. The summed E-state index contributed by atoms with van der Waals surface area (Å²) < 4.78 is 5.92. The molecule has 0 N–H and O–H groups in total. The molecule has 0 atom stereocenters. The first-order valence-corrected chi connectivity index (χ1v) is 9.39. The number of rotatable bonds is 6. The summed E-state index contributed by atoms with van der Waals surface area (Å²) >= 11 is 1.64. The van der Waals surface area contributed by atoms with Crippen molar-refractivity contribution < 1.29 is 4.74 Å². The average Bonchev–Trinajstić information content (AvgIpc) is 2.62. The number of ether oxygens (including phenoxy) is 1. The normalized spacial score (nSPS) is 10.9. The van der Waals surface area contributed by atoms with E-state index in [0.29, 0.717) is 11.8 Å². The van der Waals surface area contributed by atoms with Crippen LogP contribution in [-0.2, 0) is 5.75 Å². The van der Waals surface area contributed by atoms with Crippen LogP contribution in [0.4, 0.5) is 0 Å². The van der Waals surface area contributed by atoms with Crippen LogP contribution in [0.5, 0.6) is 11.6 Å². The van der Waals surface area contributed by atoms with E-state index >= 15 is 0 Å². The van der Waals surface area contributed by atoms with Crippen molar-refractivity contribution in [2.75, 3.05) is 0 Å². The molecule has 3 nitrogen and oxygen atoms in total. The van der Waals surface area contributed by atoms with E-state index in [2.05, 4.69) is 50.0 Å². The summed E-state index contributed by atoms with van der Waals surface area (Å²) in [6.45, 7) is 6.39. The molecular weight excluding hydrogens is 328 g/mol. The van der Waals surface area contributed by atoms with E-state index in [-0.39, 0.29) is 0 Å². The van der Waals surface area contributed by atoms with Gasteiger partial charge in [0.05, 0.1) is 5.69 Å². The van der Waals surface area contributed by atoms with Crippen LogP contribution in [0, 0.1) is 6.92 Å². The summed E-state index contributed by atoms with van der Waals surface area (Å²) in [6.07, 6.45) is 0. The molecule has 3 rings (SSSR count). The van der Waals surface area contributed by atoms with Gasteiger partial charge in [-0.3, -0.25) is 0 Å². The van der Waals surface area contributed by atoms with E-state index in [0.717, 1.165) is 22.4 Å². The predicted molar refractivity (Wildman–Crippen MR) is 103 cm³/mol. The van der Waals surface area contributed by atoms with E-state index in [9.17, 15) is 0 Å². The monoisotopic (exact) mass is 350 g/mol. The fourth-order valence-electron chi connectivity index (χ4n) is 2.36. The fourth-order valence-corrected chi connectivity index (χ4v) is 3.29. The van der Waals surface area contributed by atoms with Gasteiger partial charge in [0.15, 0.2) is 5.16 Å². The van der Waals surface area contributed by atoms with Crippen molar-refractivity contribution in [2.45, 2.75) is 37.6 Å². The van der Waals surface area contributed by atoms with Crippen LogP contribution < -0.4 is 4.74 Å². The van der Waals surface area contributed by atoms with E-state index in [1.807, 2.05) is 36.4 Å². The molecule has 0 radical (unpaired) electrons. The van der Waals surface area contributed by atoms with Gasteiger partial charge in [-0.2, -0.15) is 4.98 Å². The molecule has 128 valence electrons. The second-order valence-corrected chi connectivity index (χ2v) is 7.14. The van der Waals surface area contributed by atoms with Gasteiger partial charge in [-0.25, -0.2) is 4.98 Å². The van der Waals surface area contributed by atoms with Crippen molar-refractivity contribution >= 4 is 11.8 Å². The lowest BCUT2D eigenvalue weighted by atomic mass is 10.1. The number of hydrogen-bond donors (Lipinski definition) is 0. The predicted octanol–water partition coefficient (Wildman–Crippen LogP) is 5.99. The van der Waals surface area contributed by atoms with E-state index in [1.165, 1.54) is 11.1 Å². The molecule has 0 aliphatic carbocycles. The van der Waals surface area contributed by atoms with Crippen molar-refractivity contribution in [2.24, 2.45) is 0 Å². The standard InChI is InChI=1S/C21H22N2OS/c1-15(2)19-13-20(24-18-11-5-4-6-12-18)23-21(22-19)25-14-17-10-8-7-9-16(17)3/h4-13,15H,14H2,1-3H3. The van der Waals surface area contributed by atoms with Crippen LogP contribution in [0.15, 0.2) is 65.8 Å². The number of nitrogens with zero attached hydrogens (tertiary/aromatic N) is 2. The lowest BCUT2D eigenvalue weighted by Crippen LogP contribution is -2.00. The molecule has 3 aromatic rings. The van der Waals surface area contributed by atoms with Gasteiger partial charge in [0.2, 0.25) is 5.88 Å². The number of hydrogen-bond acceptors (Lipinski definition) is 4. The van der Waals surface area contributed by atoms with Crippen LogP contribution in [-0.4, -0.2) is 9.97 Å². The van der Waals surface area contributed by atoms with E-state index in [1.54, 1.807) is 11.8 Å². The molecule has 0 saturated heterocycles. The Hall–Kier alpha value is -2.33. The first kappa shape index (κ1) is 17.5. The molecule has 1 aromatic heterocycles. The van der Waals surface area contributed by atoms with Crippen LogP contribution in [0.25, 0.3) is 0 Å². The Morgan fingerprint density at radius 1 is 0.960 bits per heavy atom. The zero-order valence-corrected chi connectivity index (χ0v) is 15.6. The molecule has 25 heavy (non-hydrogen) atoms. The fraction of sp³-hybridized carbons (Fsp3) is 0.238. The second kappa shape index (κ2) is 8.17. The quantitative estimate of drug-likeness (QED) is 0.404. The van der Waals surface area contributed by atoms with Crippen LogP contribution in [0.1, 0.15) is 36.6 Å². The topological polar surface area (TPSA) is 35.0 Å². The lowest BCUT2D eigenvalue weighted by molar-refractivity contribution is 0.453. The van der Waals surface area contributed by atoms with Gasteiger partial charge >= 0.3 is 0 Å². The number of para-hydroxylation sites is 1. The zero-order chi connectivity index (χ0) is 17.6. The van der Waals surface area contributed by atoms with Crippen LogP contribution in [0.3, 0.4) is 0 Å². The van der Waals surface area contributed by atoms with Crippen LogP contribution >= 0.6 is 11.8 Å². The Kier molecular flexibility index (Phi) is 5.71. The van der Waals surface area contributed by atoms with Gasteiger partial charge in [0.1, 0.15) is 5.75 Å². The molecule has 0 saturated carbocycles. The van der Waals surface area contributed by atoms with Crippen molar-refractivity contribution in [1.82, 2.24) is 9.97 Å². The Morgan fingerprint density at radius 2 is 1.68 bits per heavy atom. The largest absolute Gasteiger partial charge is 0.439 e. The summed E-state index contributed by atoms with van der Waals surface area (Å²) in [5.74, 6) is 2.54. The average molecular weight is 350 g/mol. The van der Waals surface area contributed by atoms with Crippen molar-refractivity contribution in [1.29, 1.82) is 0 Å². The molecule has 2 aromatic carbocycles.